The molecule has 168 valence electrons. The van der Waals surface area contributed by atoms with Crippen LogP contribution in [0, 0.1) is 18.7 Å². The second-order valence-corrected chi connectivity index (χ2v) is 8.32. The number of likely N-dealkylation sites (tertiary alicyclic amines) is 1. The van der Waals surface area contributed by atoms with E-state index in [-0.39, 0.29) is 22.8 Å². The Bertz CT molecular complexity index is 1180. The number of hydrogen-bond acceptors (Lipinski definition) is 4. The summed E-state index contributed by atoms with van der Waals surface area (Å²) in [4.78, 5) is 28.5. The number of methoxy groups -OCH3 is 1. The Balaban J connectivity index is 1.56. The molecule has 1 aromatic heterocycles. The maximum absolute atomic E-state index is 13.8. The number of hydrogen-bond donors (Lipinski definition) is 0. The lowest BCUT2D eigenvalue weighted by Gasteiger charge is -2.32. The average Bonchev–Trinajstić information content (AvgIpc) is 3.02. The molecule has 0 N–H and O–H groups in total. The van der Waals surface area contributed by atoms with E-state index in [4.69, 9.17) is 4.74 Å². The van der Waals surface area contributed by atoms with Gasteiger partial charge in [-0.25, -0.2) is 9.07 Å². The minimum absolute atomic E-state index is 0.0450. The highest BCUT2D eigenvalue weighted by atomic mass is 19.1. The predicted molar refractivity (Wildman–Crippen MR) is 121 cm³/mol. The maximum atomic E-state index is 13.8. The molecule has 0 amide bonds. The van der Waals surface area contributed by atoms with Gasteiger partial charge in [0.2, 0.25) is 0 Å². The molecule has 1 aliphatic rings. The SMILES string of the molecule is COc1ccc(F)cc1C(=O)[C@@H]1CCCN(Cc2c(C)n(C)n(-c3ccccc3)c2=O)C1. The summed E-state index contributed by atoms with van der Waals surface area (Å²) >= 11 is 0. The van der Waals surface area contributed by atoms with Crippen molar-refractivity contribution in [1.82, 2.24) is 14.3 Å². The van der Waals surface area contributed by atoms with Crippen LogP contribution in [0.2, 0.25) is 0 Å². The third kappa shape index (κ3) is 4.12. The topological polar surface area (TPSA) is 56.5 Å². The van der Waals surface area contributed by atoms with Gasteiger partial charge < -0.3 is 4.74 Å². The predicted octanol–water partition coefficient (Wildman–Crippen LogP) is 3.73. The van der Waals surface area contributed by atoms with Crippen molar-refractivity contribution in [3.8, 4) is 11.4 Å². The quantitative estimate of drug-likeness (QED) is 0.552. The van der Waals surface area contributed by atoms with Crippen molar-refractivity contribution in [1.29, 1.82) is 0 Å². The van der Waals surface area contributed by atoms with Gasteiger partial charge in [-0.3, -0.25) is 19.2 Å². The first-order chi connectivity index (χ1) is 15.4. The van der Waals surface area contributed by atoms with E-state index in [0.29, 0.717) is 18.8 Å². The van der Waals surface area contributed by atoms with Crippen LogP contribution in [0.4, 0.5) is 4.39 Å². The molecule has 2 aromatic carbocycles. The minimum Gasteiger partial charge on any atom is -0.496 e. The van der Waals surface area contributed by atoms with Crippen LogP contribution < -0.4 is 10.3 Å². The second-order valence-electron chi connectivity index (χ2n) is 8.32. The highest BCUT2D eigenvalue weighted by Crippen LogP contribution is 2.28. The van der Waals surface area contributed by atoms with E-state index in [1.807, 2.05) is 49.0 Å². The largest absolute Gasteiger partial charge is 0.496 e. The molecule has 0 spiro atoms. The zero-order valence-corrected chi connectivity index (χ0v) is 18.7. The number of Topliss-reactive ketones (excluding diaryl/α,β-unsaturated/α-hetero) is 1. The van der Waals surface area contributed by atoms with Crippen LogP contribution >= 0.6 is 0 Å². The van der Waals surface area contributed by atoms with Gasteiger partial charge in [-0.2, -0.15) is 0 Å². The van der Waals surface area contributed by atoms with Crippen LogP contribution in [0.15, 0.2) is 53.3 Å². The summed E-state index contributed by atoms with van der Waals surface area (Å²) in [5, 5.41) is 0. The third-order valence-electron chi connectivity index (χ3n) is 6.36. The Hall–Kier alpha value is -3.19. The zero-order chi connectivity index (χ0) is 22.8. The average molecular weight is 438 g/mol. The first-order valence-corrected chi connectivity index (χ1v) is 10.8. The van der Waals surface area contributed by atoms with Crippen LogP contribution in [-0.2, 0) is 13.6 Å². The van der Waals surface area contributed by atoms with Gasteiger partial charge >= 0.3 is 0 Å². The molecule has 3 aromatic rings. The maximum Gasteiger partial charge on any atom is 0.276 e. The van der Waals surface area contributed by atoms with Gasteiger partial charge in [0.25, 0.3) is 5.56 Å². The number of ether oxygens (including phenoxy) is 1. The molecular weight excluding hydrogens is 409 g/mol. The first kappa shape index (κ1) is 22.0. The summed E-state index contributed by atoms with van der Waals surface area (Å²) in [5.74, 6) is -0.446. The standard InChI is InChI=1S/C25H28FN3O3/c1-17-22(25(31)29(27(17)2)20-9-5-4-6-10-20)16-28-13-7-8-18(15-28)24(30)21-14-19(26)11-12-23(21)32-3/h4-6,9-12,14,18H,7-8,13,15-16H2,1-3H3/t18-/m1/s1. The summed E-state index contributed by atoms with van der Waals surface area (Å²) in [6, 6.07) is 13.6. The van der Waals surface area contributed by atoms with Crippen LogP contribution in [0.3, 0.4) is 0 Å². The van der Waals surface area contributed by atoms with E-state index in [9.17, 15) is 14.0 Å². The lowest BCUT2D eigenvalue weighted by molar-refractivity contribution is 0.0807. The van der Waals surface area contributed by atoms with Crippen LogP contribution in [0.1, 0.15) is 34.5 Å². The molecule has 1 aliphatic heterocycles. The zero-order valence-electron chi connectivity index (χ0n) is 18.7. The Morgan fingerprint density at radius 3 is 2.66 bits per heavy atom. The molecule has 1 fully saturated rings. The molecule has 0 radical (unpaired) electrons. The molecule has 1 saturated heterocycles. The normalized spacial score (nSPS) is 16.8. The summed E-state index contributed by atoms with van der Waals surface area (Å²) in [6.45, 7) is 3.75. The summed E-state index contributed by atoms with van der Waals surface area (Å²) in [5.41, 5.74) is 2.68. The second kappa shape index (κ2) is 9.12. The number of halogens is 1. The Morgan fingerprint density at radius 1 is 1.19 bits per heavy atom. The van der Waals surface area contributed by atoms with Gasteiger partial charge in [0.1, 0.15) is 11.6 Å². The van der Waals surface area contributed by atoms with Gasteiger partial charge in [-0.15, -0.1) is 0 Å². The van der Waals surface area contributed by atoms with Gasteiger partial charge in [0.05, 0.1) is 23.9 Å². The number of benzene rings is 2. The number of rotatable bonds is 6. The fourth-order valence-corrected chi connectivity index (χ4v) is 4.54. The van der Waals surface area contributed by atoms with Crippen molar-refractivity contribution in [2.45, 2.75) is 26.3 Å². The van der Waals surface area contributed by atoms with Crippen molar-refractivity contribution in [3.63, 3.8) is 0 Å². The van der Waals surface area contributed by atoms with Crippen molar-refractivity contribution in [3.05, 3.63) is 81.5 Å². The molecule has 7 heteroatoms. The fraction of sp³-hybridized carbons (Fsp3) is 0.360. The van der Waals surface area contributed by atoms with E-state index in [0.717, 1.165) is 36.3 Å². The smallest absolute Gasteiger partial charge is 0.276 e. The van der Waals surface area contributed by atoms with Gasteiger partial charge in [-0.1, -0.05) is 18.2 Å². The van der Waals surface area contributed by atoms with E-state index in [1.54, 1.807) is 4.68 Å². The van der Waals surface area contributed by atoms with Crippen molar-refractivity contribution < 1.29 is 13.9 Å². The van der Waals surface area contributed by atoms with E-state index in [2.05, 4.69) is 4.90 Å². The van der Waals surface area contributed by atoms with Crippen LogP contribution in [0.5, 0.6) is 5.75 Å². The number of carbonyl (C=O) groups is 1. The molecule has 1 atom stereocenters. The summed E-state index contributed by atoms with van der Waals surface area (Å²) in [6.07, 6.45) is 1.57. The highest BCUT2D eigenvalue weighted by Gasteiger charge is 2.30. The number of ketones is 1. The van der Waals surface area contributed by atoms with Crippen LogP contribution in [0.25, 0.3) is 5.69 Å². The van der Waals surface area contributed by atoms with E-state index >= 15 is 0 Å². The molecule has 32 heavy (non-hydrogen) atoms. The molecule has 0 saturated carbocycles. The van der Waals surface area contributed by atoms with Crippen molar-refractivity contribution >= 4 is 5.78 Å². The summed E-state index contributed by atoms with van der Waals surface area (Å²) < 4.78 is 22.6. The first-order valence-electron chi connectivity index (χ1n) is 10.8. The van der Waals surface area contributed by atoms with Gasteiger partial charge in [-0.05, 0) is 56.6 Å². The van der Waals surface area contributed by atoms with Gasteiger partial charge in [0.15, 0.2) is 5.78 Å². The number of carbonyl (C=O) groups excluding carboxylic acids is 1. The van der Waals surface area contributed by atoms with E-state index in [1.165, 1.54) is 25.3 Å². The monoisotopic (exact) mass is 437 g/mol. The van der Waals surface area contributed by atoms with Gasteiger partial charge in [0, 0.05) is 31.7 Å². The lowest BCUT2D eigenvalue weighted by Crippen LogP contribution is -2.39. The molecule has 0 unspecified atom stereocenters. The number of aromatic nitrogens is 2. The minimum atomic E-state index is -0.455. The van der Waals surface area contributed by atoms with E-state index < -0.39 is 5.82 Å². The Labute approximate surface area is 186 Å². The molecule has 0 bridgehead atoms. The fourth-order valence-electron chi connectivity index (χ4n) is 4.54. The molecule has 6 nitrogen and oxygen atoms in total. The number of para-hydroxylation sites is 1. The Kier molecular flexibility index (Phi) is 6.28. The van der Waals surface area contributed by atoms with Crippen molar-refractivity contribution in [2.24, 2.45) is 13.0 Å². The highest BCUT2D eigenvalue weighted by molar-refractivity contribution is 6.00. The summed E-state index contributed by atoms with van der Waals surface area (Å²) in [7, 11) is 3.36. The molecule has 2 heterocycles. The molecular formula is C25H28FN3O3. The molecule has 0 aliphatic carbocycles. The molecule has 4 rings (SSSR count). The lowest BCUT2D eigenvalue weighted by atomic mass is 9.89. The van der Waals surface area contributed by atoms with Crippen molar-refractivity contribution in [2.75, 3.05) is 20.2 Å². The number of nitrogens with zero attached hydrogens (tertiary/aromatic N) is 3. The number of piperidine rings is 1. The van der Waals surface area contributed by atoms with Crippen LogP contribution in [-0.4, -0.2) is 40.2 Å². The third-order valence-corrected chi connectivity index (χ3v) is 6.36. The Morgan fingerprint density at radius 2 is 1.94 bits per heavy atom.